The van der Waals surface area contributed by atoms with Gasteiger partial charge in [0.25, 0.3) is 0 Å². The number of fused-ring (bicyclic) bond motifs is 1. The lowest BCUT2D eigenvalue weighted by Gasteiger charge is -2.16. The Hall–Kier alpha value is -1.36. The van der Waals surface area contributed by atoms with Crippen LogP contribution in [0, 0.1) is 5.92 Å². The zero-order valence-corrected chi connectivity index (χ0v) is 12.2. The van der Waals surface area contributed by atoms with E-state index in [-0.39, 0.29) is 5.91 Å². The van der Waals surface area contributed by atoms with Crippen LogP contribution in [0.2, 0.25) is 0 Å². The van der Waals surface area contributed by atoms with Crippen molar-refractivity contribution >= 4 is 32.9 Å². The van der Waals surface area contributed by atoms with Gasteiger partial charge < -0.3 is 9.88 Å². The third-order valence-electron chi connectivity index (χ3n) is 3.67. The largest absolute Gasteiger partial charge is 0.345 e. The number of nitrogens with zero attached hydrogens (tertiary/aromatic N) is 2. The molecule has 2 heterocycles. The number of imidazole rings is 1. The second kappa shape index (κ2) is 5.33. The molecule has 0 saturated carbocycles. The highest BCUT2D eigenvalue weighted by Crippen LogP contribution is 2.20. The van der Waals surface area contributed by atoms with Gasteiger partial charge in [0.2, 0.25) is 5.91 Å². The third-order valence-corrected chi connectivity index (χ3v) is 4.58. The Bertz CT molecular complexity index is 595. The maximum absolute atomic E-state index is 11.8. The van der Waals surface area contributed by atoms with Crippen molar-refractivity contribution in [3.8, 4) is 0 Å². The van der Waals surface area contributed by atoms with E-state index in [0.717, 1.165) is 35.9 Å². The molecule has 0 spiro atoms. The van der Waals surface area contributed by atoms with Crippen LogP contribution in [-0.2, 0) is 11.2 Å². The minimum absolute atomic E-state index is 0.284. The minimum Gasteiger partial charge on any atom is -0.345 e. The third kappa shape index (κ3) is 2.66. The Labute approximate surface area is 120 Å². The molecular weight excluding hydrogens is 306 g/mol. The summed E-state index contributed by atoms with van der Waals surface area (Å²) in [6.45, 7) is 1.69. The molecule has 1 aliphatic heterocycles. The monoisotopic (exact) mass is 321 g/mol. The van der Waals surface area contributed by atoms with Crippen LogP contribution in [0.15, 0.2) is 24.5 Å². The van der Waals surface area contributed by atoms with Gasteiger partial charge >= 0.3 is 0 Å². The summed E-state index contributed by atoms with van der Waals surface area (Å²) in [6.07, 6.45) is 3.29. The average Bonchev–Trinajstić information content (AvgIpc) is 3.02. The number of hydrogen-bond donors (Lipinski definition) is 1. The summed E-state index contributed by atoms with van der Waals surface area (Å²) in [4.78, 5) is 21.1. The highest BCUT2D eigenvalue weighted by atomic mass is 79.9. The molecule has 1 atom stereocenters. The summed E-state index contributed by atoms with van der Waals surface area (Å²) in [6, 6.07) is 6.23. The van der Waals surface area contributed by atoms with Crippen molar-refractivity contribution in [2.45, 2.75) is 12.8 Å². The maximum Gasteiger partial charge on any atom is 0.222 e. The van der Waals surface area contributed by atoms with Crippen LogP contribution in [0.5, 0.6) is 0 Å². The van der Waals surface area contributed by atoms with Crippen LogP contribution in [-0.4, -0.2) is 39.2 Å². The molecule has 0 aliphatic carbocycles. The van der Waals surface area contributed by atoms with Gasteiger partial charge in [-0.25, -0.2) is 4.98 Å². The summed E-state index contributed by atoms with van der Waals surface area (Å²) >= 11 is 3.46. The number of aromatic nitrogens is 2. The van der Waals surface area contributed by atoms with E-state index in [0.29, 0.717) is 12.3 Å². The van der Waals surface area contributed by atoms with E-state index in [1.807, 2.05) is 11.0 Å². The fourth-order valence-electron chi connectivity index (χ4n) is 2.58. The number of benzene rings is 1. The van der Waals surface area contributed by atoms with Crippen molar-refractivity contribution in [2.24, 2.45) is 5.92 Å². The fraction of sp³-hybridized carbons (Fsp3) is 0.429. The molecule has 1 aliphatic rings. The van der Waals surface area contributed by atoms with Gasteiger partial charge in [-0.1, -0.05) is 22.0 Å². The lowest BCUT2D eigenvalue weighted by Crippen LogP contribution is -2.27. The van der Waals surface area contributed by atoms with Gasteiger partial charge in [0.15, 0.2) is 0 Å². The van der Waals surface area contributed by atoms with Crippen molar-refractivity contribution in [1.82, 2.24) is 14.9 Å². The fourth-order valence-corrected chi connectivity index (χ4v) is 3.01. The number of likely N-dealkylation sites (tertiary alicyclic amines) is 1. The molecule has 1 amide bonds. The Morgan fingerprint density at radius 3 is 3.16 bits per heavy atom. The molecule has 0 bridgehead atoms. The molecule has 1 aromatic carbocycles. The number of aromatic amines is 1. The van der Waals surface area contributed by atoms with E-state index in [2.05, 4.69) is 38.0 Å². The maximum atomic E-state index is 11.8. The van der Waals surface area contributed by atoms with E-state index < -0.39 is 0 Å². The summed E-state index contributed by atoms with van der Waals surface area (Å²) in [5.74, 6) is 0.759. The number of nitrogens with one attached hydrogen (secondary N) is 1. The zero-order chi connectivity index (χ0) is 13.2. The number of alkyl halides is 1. The molecule has 0 radical (unpaired) electrons. The Morgan fingerprint density at radius 1 is 1.47 bits per heavy atom. The molecule has 1 fully saturated rings. The molecule has 5 heteroatoms. The number of carbonyl (C=O) groups is 1. The van der Waals surface area contributed by atoms with E-state index >= 15 is 0 Å². The van der Waals surface area contributed by atoms with Gasteiger partial charge in [-0.15, -0.1) is 0 Å². The van der Waals surface area contributed by atoms with Crippen molar-refractivity contribution in [3.05, 3.63) is 30.1 Å². The molecule has 3 rings (SSSR count). The first kappa shape index (κ1) is 12.7. The molecule has 4 nitrogen and oxygen atoms in total. The number of H-pyrrole nitrogens is 1. The van der Waals surface area contributed by atoms with Crippen LogP contribution in [0.25, 0.3) is 11.0 Å². The van der Waals surface area contributed by atoms with Crippen molar-refractivity contribution in [2.75, 3.05) is 18.4 Å². The van der Waals surface area contributed by atoms with Gasteiger partial charge in [0.1, 0.15) is 0 Å². The van der Waals surface area contributed by atoms with Crippen molar-refractivity contribution in [3.63, 3.8) is 0 Å². The van der Waals surface area contributed by atoms with E-state index in [4.69, 9.17) is 0 Å². The first-order valence-corrected chi connectivity index (χ1v) is 7.64. The lowest BCUT2D eigenvalue weighted by molar-refractivity contribution is -0.127. The first-order valence-electron chi connectivity index (χ1n) is 6.52. The predicted molar refractivity (Wildman–Crippen MR) is 78.3 cm³/mol. The molecular formula is C14H16BrN3O. The molecule has 1 saturated heterocycles. The van der Waals surface area contributed by atoms with Gasteiger partial charge in [0, 0.05) is 24.8 Å². The minimum atomic E-state index is 0.284. The Balaban J connectivity index is 1.64. The van der Waals surface area contributed by atoms with Gasteiger partial charge in [-0.05, 0) is 30.0 Å². The molecule has 1 aromatic heterocycles. The second-order valence-corrected chi connectivity index (χ2v) is 5.72. The molecule has 2 aromatic rings. The summed E-state index contributed by atoms with van der Waals surface area (Å²) in [5.41, 5.74) is 3.29. The summed E-state index contributed by atoms with van der Waals surface area (Å²) in [5, 5.41) is 0.912. The number of hydrogen-bond acceptors (Lipinski definition) is 2. The number of halogens is 1. The molecule has 1 unspecified atom stereocenters. The molecule has 100 valence electrons. The number of carbonyl (C=O) groups excluding carboxylic acids is 1. The predicted octanol–water partition coefficient (Wildman–Crippen LogP) is 2.35. The lowest BCUT2D eigenvalue weighted by atomic mass is 10.1. The van der Waals surface area contributed by atoms with Gasteiger partial charge in [-0.2, -0.15) is 0 Å². The topological polar surface area (TPSA) is 49.0 Å². The van der Waals surface area contributed by atoms with Crippen LogP contribution >= 0.6 is 15.9 Å². The van der Waals surface area contributed by atoms with Gasteiger partial charge in [0.05, 0.1) is 17.4 Å². The Kier molecular flexibility index (Phi) is 3.55. The number of amides is 1. The standard InChI is InChI=1S/C14H16BrN3O/c15-7-11-6-14(19)18(8-11)4-3-10-1-2-12-13(5-10)17-9-16-12/h1-2,5,9,11H,3-4,6-8H2,(H,16,17). The summed E-state index contributed by atoms with van der Waals surface area (Å²) < 4.78 is 0. The SMILES string of the molecule is O=C1CC(CBr)CN1CCc1ccc2nc[nH]c2c1. The quantitative estimate of drug-likeness (QED) is 0.879. The van der Waals surface area contributed by atoms with Crippen molar-refractivity contribution < 1.29 is 4.79 Å². The second-order valence-electron chi connectivity index (χ2n) is 5.07. The average molecular weight is 322 g/mol. The van der Waals surface area contributed by atoms with Crippen LogP contribution in [0.3, 0.4) is 0 Å². The van der Waals surface area contributed by atoms with Crippen molar-refractivity contribution in [1.29, 1.82) is 0 Å². The van der Waals surface area contributed by atoms with E-state index in [1.165, 1.54) is 5.56 Å². The normalized spacial score (nSPS) is 19.5. The van der Waals surface area contributed by atoms with Crippen LogP contribution in [0.1, 0.15) is 12.0 Å². The smallest absolute Gasteiger partial charge is 0.222 e. The van der Waals surface area contributed by atoms with E-state index in [1.54, 1.807) is 6.33 Å². The van der Waals surface area contributed by atoms with Gasteiger partial charge in [-0.3, -0.25) is 4.79 Å². The Morgan fingerprint density at radius 2 is 2.37 bits per heavy atom. The highest BCUT2D eigenvalue weighted by molar-refractivity contribution is 9.09. The van der Waals surface area contributed by atoms with Crippen LogP contribution < -0.4 is 0 Å². The number of rotatable bonds is 4. The van der Waals surface area contributed by atoms with Crippen LogP contribution in [0.4, 0.5) is 0 Å². The molecule has 19 heavy (non-hydrogen) atoms. The summed E-state index contributed by atoms with van der Waals surface area (Å²) in [7, 11) is 0. The van der Waals surface area contributed by atoms with E-state index in [9.17, 15) is 4.79 Å². The molecule has 1 N–H and O–H groups in total. The zero-order valence-electron chi connectivity index (χ0n) is 10.6. The highest BCUT2D eigenvalue weighted by Gasteiger charge is 2.28. The first-order chi connectivity index (χ1) is 9.26.